The summed E-state index contributed by atoms with van der Waals surface area (Å²) in [6, 6.07) is 13.6. The molecule has 42 heavy (non-hydrogen) atoms. The average molecular weight is 590 g/mol. The first-order valence-electron chi connectivity index (χ1n) is 11.9. The molecule has 1 heterocycles. The molecule has 6 N–H and O–H groups in total. The van der Waals surface area contributed by atoms with E-state index in [0.717, 1.165) is 12.1 Å². The number of carboxylic acids is 2. The fraction of sp³-hybridized carbons (Fsp3) is 0.0370. The number of nitrogens with zero attached hydrogens (tertiary/aromatic N) is 3. The van der Waals surface area contributed by atoms with E-state index in [1.54, 1.807) is 6.07 Å². The number of H-pyrrole nitrogens is 1. The van der Waals surface area contributed by atoms with Gasteiger partial charge < -0.3 is 25.6 Å². The van der Waals surface area contributed by atoms with E-state index >= 15 is 0 Å². The predicted molar refractivity (Wildman–Crippen MR) is 149 cm³/mol. The average Bonchev–Trinajstić information content (AvgIpc) is 3.37. The predicted octanol–water partition coefficient (Wildman–Crippen LogP) is 5.11. The third-order valence-electron chi connectivity index (χ3n) is 6.18. The maximum Gasteiger partial charge on any atom is 0.338 e. The number of phenolic OH excluding ortho intramolecular Hbond substituents is 1. The van der Waals surface area contributed by atoms with Crippen molar-refractivity contribution in [3.05, 3.63) is 71.8 Å². The first-order chi connectivity index (χ1) is 19.8. The number of aromatic carboxylic acids is 2. The molecule has 0 unspecified atom stereocenters. The number of carbonyl (C=O) groups excluding carboxylic acids is 1. The molecule has 212 valence electrons. The summed E-state index contributed by atoms with van der Waals surface area (Å²) in [5.41, 5.74) is 0.219. The van der Waals surface area contributed by atoms with E-state index in [9.17, 15) is 37.6 Å². The highest BCUT2D eigenvalue weighted by Crippen LogP contribution is 2.43. The lowest BCUT2D eigenvalue weighted by atomic mass is 10.1. The van der Waals surface area contributed by atoms with Crippen molar-refractivity contribution in [2.24, 2.45) is 10.2 Å². The number of nitrogens with one attached hydrogen (secondary N) is 2. The van der Waals surface area contributed by atoms with E-state index in [1.807, 2.05) is 0 Å². The Morgan fingerprint density at radius 2 is 1.62 bits per heavy atom. The summed E-state index contributed by atoms with van der Waals surface area (Å²) >= 11 is 0. The number of aromatic hydroxyl groups is 1. The second-order valence-electron chi connectivity index (χ2n) is 8.99. The fourth-order valence-electron chi connectivity index (χ4n) is 4.28. The molecule has 0 radical (unpaired) electrons. The van der Waals surface area contributed by atoms with E-state index in [2.05, 4.69) is 25.5 Å². The van der Waals surface area contributed by atoms with Crippen molar-refractivity contribution in [2.45, 2.75) is 11.8 Å². The molecule has 4 aromatic carbocycles. The number of fused-ring (bicyclic) bond motifs is 3. The number of anilines is 1. The second-order valence-corrected chi connectivity index (χ2v) is 10.4. The summed E-state index contributed by atoms with van der Waals surface area (Å²) < 4.78 is 34.7. The van der Waals surface area contributed by atoms with Crippen molar-refractivity contribution in [1.82, 2.24) is 9.97 Å². The van der Waals surface area contributed by atoms with Gasteiger partial charge in [-0.25, -0.2) is 14.6 Å². The summed E-state index contributed by atoms with van der Waals surface area (Å²) in [6.45, 7) is 1.24. The Morgan fingerprint density at radius 3 is 2.24 bits per heavy atom. The van der Waals surface area contributed by atoms with Crippen LogP contribution in [0, 0.1) is 0 Å². The van der Waals surface area contributed by atoms with Crippen LogP contribution in [0.2, 0.25) is 0 Å². The van der Waals surface area contributed by atoms with Gasteiger partial charge in [-0.3, -0.25) is 9.35 Å². The number of imidazole rings is 1. The highest BCUT2D eigenvalue weighted by molar-refractivity contribution is 7.86. The van der Waals surface area contributed by atoms with Crippen LogP contribution < -0.4 is 5.32 Å². The van der Waals surface area contributed by atoms with Crippen molar-refractivity contribution < 1.29 is 42.7 Å². The SMILES string of the molecule is CC(=O)Nc1ccc(N=Nc2c(S(=O)(=O)O)cc3c(ccc4nc(-c5ccc(C(=O)O)cc5)[nH]c43)c2O)c(C(=O)O)c1. The van der Waals surface area contributed by atoms with Gasteiger partial charge in [-0.15, -0.1) is 10.2 Å². The molecular weight excluding hydrogens is 570 g/mol. The Hall–Kier alpha value is -5.67. The summed E-state index contributed by atoms with van der Waals surface area (Å²) in [6.07, 6.45) is 0. The molecule has 0 aliphatic carbocycles. The molecule has 0 fully saturated rings. The lowest BCUT2D eigenvalue weighted by Gasteiger charge is -2.10. The van der Waals surface area contributed by atoms with Crippen molar-refractivity contribution in [3.63, 3.8) is 0 Å². The maximum atomic E-state index is 12.4. The third-order valence-corrected chi connectivity index (χ3v) is 7.04. The van der Waals surface area contributed by atoms with E-state index in [0.29, 0.717) is 22.4 Å². The van der Waals surface area contributed by atoms with Crippen LogP contribution >= 0.6 is 0 Å². The van der Waals surface area contributed by atoms with Crippen LogP contribution in [0.1, 0.15) is 27.6 Å². The van der Waals surface area contributed by atoms with Crippen molar-refractivity contribution in [2.75, 3.05) is 5.32 Å². The van der Waals surface area contributed by atoms with Crippen molar-refractivity contribution in [1.29, 1.82) is 0 Å². The monoisotopic (exact) mass is 589 g/mol. The number of carboxylic acid groups (broad SMARTS) is 2. The molecule has 5 aromatic rings. The molecule has 0 spiro atoms. The first kappa shape index (κ1) is 27.9. The standard InChI is InChI=1S/C27H19N5O9S/c1-12(33)28-15-6-8-19(18(10-15)27(37)38)31-32-23-21(42(39,40)41)11-17-16(24(23)34)7-9-20-22(17)30-25(29-20)13-2-4-14(5-3-13)26(35)36/h2-11,34H,1H3,(H,28,33)(H,29,30)(H,35,36)(H,37,38)(H,39,40,41). The van der Waals surface area contributed by atoms with Crippen LogP contribution in [-0.4, -0.2) is 56.1 Å². The molecule has 1 amide bonds. The lowest BCUT2D eigenvalue weighted by Crippen LogP contribution is -2.07. The van der Waals surface area contributed by atoms with Crippen LogP contribution in [0.5, 0.6) is 5.75 Å². The lowest BCUT2D eigenvalue weighted by molar-refractivity contribution is -0.114. The number of hydrogen-bond acceptors (Lipinski definition) is 9. The fourth-order valence-corrected chi connectivity index (χ4v) is 4.93. The second kappa shape index (κ2) is 10.4. The molecule has 14 nitrogen and oxygen atoms in total. The number of rotatable bonds is 7. The van der Waals surface area contributed by atoms with E-state index < -0.39 is 44.3 Å². The molecule has 0 atom stereocenters. The van der Waals surface area contributed by atoms with Crippen LogP contribution in [0.15, 0.2) is 75.8 Å². The van der Waals surface area contributed by atoms with E-state index in [4.69, 9.17) is 5.11 Å². The summed E-state index contributed by atoms with van der Waals surface area (Å²) in [7, 11) is -4.99. The zero-order valence-corrected chi connectivity index (χ0v) is 22.2. The van der Waals surface area contributed by atoms with Crippen LogP contribution in [0.25, 0.3) is 33.2 Å². The number of carbonyl (C=O) groups is 3. The Labute approximate surface area is 235 Å². The highest BCUT2D eigenvalue weighted by Gasteiger charge is 2.24. The summed E-state index contributed by atoms with van der Waals surface area (Å²) in [5.74, 6) is -3.29. The van der Waals surface area contributed by atoms with Gasteiger partial charge in [0.15, 0.2) is 5.75 Å². The Kier molecular flexibility index (Phi) is 6.89. The van der Waals surface area contributed by atoms with Gasteiger partial charge in [0.2, 0.25) is 5.91 Å². The van der Waals surface area contributed by atoms with Gasteiger partial charge in [0, 0.05) is 28.9 Å². The smallest absolute Gasteiger partial charge is 0.338 e. The van der Waals surface area contributed by atoms with Gasteiger partial charge >= 0.3 is 11.9 Å². The number of hydrogen-bond donors (Lipinski definition) is 6. The maximum absolute atomic E-state index is 12.4. The van der Waals surface area contributed by atoms with Gasteiger partial charge in [0.1, 0.15) is 22.1 Å². The number of amides is 1. The number of phenols is 1. The minimum atomic E-state index is -4.99. The van der Waals surface area contributed by atoms with Crippen LogP contribution in [-0.2, 0) is 14.9 Å². The quantitative estimate of drug-likeness (QED) is 0.108. The number of azo groups is 1. The van der Waals surface area contributed by atoms with Gasteiger partial charge in [-0.05, 0) is 48.5 Å². The van der Waals surface area contributed by atoms with Crippen LogP contribution in [0.4, 0.5) is 17.1 Å². The summed E-state index contributed by atoms with van der Waals surface area (Å²) in [4.78, 5) is 40.9. The third kappa shape index (κ3) is 5.24. The first-order valence-corrected chi connectivity index (χ1v) is 13.3. The Morgan fingerprint density at radius 1 is 0.905 bits per heavy atom. The summed E-state index contributed by atoms with van der Waals surface area (Å²) in [5, 5.41) is 40.1. The van der Waals surface area contributed by atoms with Crippen LogP contribution in [0.3, 0.4) is 0 Å². The minimum absolute atomic E-state index is 0.0730. The number of aromatic nitrogens is 2. The Balaban J connectivity index is 1.65. The Bertz CT molecular complexity index is 2090. The molecule has 1 aromatic heterocycles. The number of benzene rings is 4. The van der Waals surface area contributed by atoms with Gasteiger partial charge in [-0.2, -0.15) is 8.42 Å². The van der Waals surface area contributed by atoms with Crippen molar-refractivity contribution in [3.8, 4) is 17.1 Å². The van der Waals surface area contributed by atoms with Gasteiger partial charge in [-0.1, -0.05) is 12.1 Å². The number of aromatic amines is 1. The van der Waals surface area contributed by atoms with Crippen molar-refractivity contribution >= 4 is 66.8 Å². The molecule has 0 aliphatic heterocycles. The largest absolute Gasteiger partial charge is 0.505 e. The van der Waals surface area contributed by atoms with Gasteiger partial charge in [0.05, 0.1) is 22.2 Å². The molecule has 0 saturated carbocycles. The topological polar surface area (TPSA) is 232 Å². The molecular formula is C27H19N5O9S. The van der Waals surface area contributed by atoms with E-state index in [-0.39, 0.29) is 33.3 Å². The van der Waals surface area contributed by atoms with E-state index in [1.165, 1.54) is 49.4 Å². The zero-order chi connectivity index (χ0) is 30.3. The minimum Gasteiger partial charge on any atom is -0.505 e. The highest BCUT2D eigenvalue weighted by atomic mass is 32.2. The molecule has 0 saturated heterocycles. The zero-order valence-electron chi connectivity index (χ0n) is 21.4. The molecule has 15 heteroatoms. The molecule has 5 rings (SSSR count). The molecule has 0 aliphatic rings. The normalized spacial score (nSPS) is 11.8. The molecule has 0 bridgehead atoms. The van der Waals surface area contributed by atoms with Gasteiger partial charge in [0.25, 0.3) is 10.1 Å².